The van der Waals surface area contributed by atoms with Crippen LogP contribution in [0.2, 0.25) is 0 Å². The van der Waals surface area contributed by atoms with Gasteiger partial charge in [0.05, 0.1) is 6.54 Å². The van der Waals surface area contributed by atoms with Crippen LogP contribution in [0.4, 0.5) is 0 Å². The predicted octanol–water partition coefficient (Wildman–Crippen LogP) is 1.44. The van der Waals surface area contributed by atoms with E-state index in [0.717, 1.165) is 37.8 Å². The smallest absolute Gasteiger partial charge is 0.147 e. The summed E-state index contributed by atoms with van der Waals surface area (Å²) in [5, 5.41) is 12.3. The van der Waals surface area contributed by atoms with Gasteiger partial charge in [-0.1, -0.05) is 6.92 Å². The van der Waals surface area contributed by atoms with Crippen molar-refractivity contribution in [3.05, 3.63) is 11.6 Å². The Morgan fingerprint density at radius 3 is 2.80 bits per heavy atom. The number of fused-ring (bicyclic) bond motifs is 1. The van der Waals surface area contributed by atoms with Gasteiger partial charge < -0.3 is 14.8 Å². The molecule has 112 valence electrons. The maximum atomic E-state index is 4.35. The molecule has 3 rings (SSSR count). The second-order valence-electron chi connectivity index (χ2n) is 6.15. The van der Waals surface area contributed by atoms with Gasteiger partial charge in [0.25, 0.3) is 0 Å². The Kier molecular flexibility index (Phi) is 4.68. The van der Waals surface area contributed by atoms with Gasteiger partial charge in [-0.15, -0.1) is 10.2 Å². The Hall–Kier alpha value is -0.940. The van der Waals surface area contributed by atoms with Crippen LogP contribution in [0.15, 0.2) is 0 Å². The van der Waals surface area contributed by atoms with E-state index in [0.29, 0.717) is 0 Å². The summed E-state index contributed by atoms with van der Waals surface area (Å²) >= 11 is 0. The lowest BCUT2D eigenvalue weighted by Crippen LogP contribution is -2.37. The molecule has 0 amide bonds. The van der Waals surface area contributed by atoms with Gasteiger partial charge in [0, 0.05) is 13.0 Å². The first-order valence-corrected chi connectivity index (χ1v) is 8.21. The van der Waals surface area contributed by atoms with Crippen molar-refractivity contribution >= 4 is 0 Å². The first-order chi connectivity index (χ1) is 9.86. The van der Waals surface area contributed by atoms with Crippen molar-refractivity contribution in [1.29, 1.82) is 0 Å². The van der Waals surface area contributed by atoms with Gasteiger partial charge in [0.2, 0.25) is 0 Å². The average Bonchev–Trinajstić information content (AvgIpc) is 2.92. The minimum absolute atomic E-state index is 0.835. The molecule has 1 N–H and O–H groups in total. The van der Waals surface area contributed by atoms with Crippen molar-refractivity contribution in [1.82, 2.24) is 25.0 Å². The number of hydrogen-bond acceptors (Lipinski definition) is 4. The van der Waals surface area contributed by atoms with Crippen molar-refractivity contribution in [2.45, 2.75) is 52.1 Å². The Balaban J connectivity index is 1.43. The minimum atomic E-state index is 0.835. The third kappa shape index (κ3) is 3.20. The van der Waals surface area contributed by atoms with E-state index in [-0.39, 0.29) is 0 Å². The number of rotatable bonds is 5. The second-order valence-corrected chi connectivity index (χ2v) is 6.15. The predicted molar refractivity (Wildman–Crippen MR) is 79.5 cm³/mol. The summed E-state index contributed by atoms with van der Waals surface area (Å²) in [5.41, 5.74) is 0. The van der Waals surface area contributed by atoms with Crippen LogP contribution in [0.3, 0.4) is 0 Å². The van der Waals surface area contributed by atoms with Gasteiger partial charge in [-0.05, 0) is 57.8 Å². The number of likely N-dealkylation sites (tertiary alicyclic amines) is 1. The van der Waals surface area contributed by atoms with Crippen LogP contribution in [0.25, 0.3) is 0 Å². The van der Waals surface area contributed by atoms with E-state index in [1.54, 1.807) is 0 Å². The highest BCUT2D eigenvalue weighted by Crippen LogP contribution is 2.17. The molecule has 0 bridgehead atoms. The lowest BCUT2D eigenvalue weighted by Gasteiger charge is -2.31. The largest absolute Gasteiger partial charge is 0.314 e. The van der Waals surface area contributed by atoms with E-state index < -0.39 is 0 Å². The fraction of sp³-hybridized carbons (Fsp3) is 0.867. The number of nitrogens with zero attached hydrogens (tertiary/aromatic N) is 4. The monoisotopic (exact) mass is 277 g/mol. The summed E-state index contributed by atoms with van der Waals surface area (Å²) in [5.74, 6) is 3.15. The van der Waals surface area contributed by atoms with Gasteiger partial charge in [-0.3, -0.25) is 0 Å². The maximum Gasteiger partial charge on any atom is 0.147 e. The van der Waals surface area contributed by atoms with E-state index >= 15 is 0 Å². The van der Waals surface area contributed by atoms with Crippen LogP contribution in [-0.2, 0) is 19.5 Å². The van der Waals surface area contributed by atoms with Crippen molar-refractivity contribution in [2.24, 2.45) is 5.92 Å². The molecule has 5 nitrogen and oxygen atoms in total. The molecule has 1 aromatic rings. The Morgan fingerprint density at radius 1 is 1.15 bits per heavy atom. The van der Waals surface area contributed by atoms with Crippen LogP contribution in [-0.4, -0.2) is 45.8 Å². The molecule has 0 radical (unpaired) electrons. The average molecular weight is 277 g/mol. The van der Waals surface area contributed by atoms with Gasteiger partial charge in [0.1, 0.15) is 11.6 Å². The molecule has 3 heterocycles. The Labute approximate surface area is 121 Å². The van der Waals surface area contributed by atoms with E-state index in [1.807, 2.05) is 0 Å². The standard InChI is InChI=1S/C15H27N5/c1-2-19-9-6-13(7-10-19)11-16-12-15-18-17-14-5-3-4-8-20(14)15/h13,16H,2-12H2,1H3. The maximum absolute atomic E-state index is 4.35. The third-order valence-electron chi connectivity index (χ3n) is 4.81. The number of nitrogens with one attached hydrogen (secondary N) is 1. The molecule has 5 heteroatoms. The topological polar surface area (TPSA) is 46.0 Å². The molecule has 20 heavy (non-hydrogen) atoms. The van der Waals surface area contributed by atoms with Gasteiger partial charge in [-0.25, -0.2) is 0 Å². The summed E-state index contributed by atoms with van der Waals surface area (Å²) in [7, 11) is 0. The highest BCUT2D eigenvalue weighted by molar-refractivity contribution is 4.98. The molecule has 0 aliphatic carbocycles. The van der Waals surface area contributed by atoms with Crippen molar-refractivity contribution < 1.29 is 0 Å². The van der Waals surface area contributed by atoms with Crippen molar-refractivity contribution in [2.75, 3.05) is 26.2 Å². The van der Waals surface area contributed by atoms with E-state index in [4.69, 9.17) is 0 Å². The Morgan fingerprint density at radius 2 is 2.00 bits per heavy atom. The van der Waals surface area contributed by atoms with E-state index in [1.165, 1.54) is 51.1 Å². The van der Waals surface area contributed by atoms with E-state index in [2.05, 4.69) is 31.9 Å². The lowest BCUT2D eigenvalue weighted by atomic mass is 9.97. The molecule has 2 aliphatic heterocycles. The second kappa shape index (κ2) is 6.68. The quantitative estimate of drug-likeness (QED) is 0.884. The Bertz CT molecular complexity index is 420. The SMILES string of the molecule is CCN1CCC(CNCc2nnc3n2CCCC3)CC1. The lowest BCUT2D eigenvalue weighted by molar-refractivity contribution is 0.189. The summed E-state index contributed by atoms with van der Waals surface area (Å²) < 4.78 is 2.32. The highest BCUT2D eigenvalue weighted by Gasteiger charge is 2.19. The summed E-state index contributed by atoms with van der Waals surface area (Å²) in [6.45, 7) is 9.10. The molecule has 0 spiro atoms. The number of aromatic nitrogens is 3. The molecule has 0 unspecified atom stereocenters. The molecular weight excluding hydrogens is 250 g/mol. The number of hydrogen-bond donors (Lipinski definition) is 1. The first kappa shape index (κ1) is 14.0. The summed E-state index contributed by atoms with van der Waals surface area (Å²) in [6, 6.07) is 0. The third-order valence-corrected chi connectivity index (χ3v) is 4.81. The van der Waals surface area contributed by atoms with Crippen LogP contribution in [0, 0.1) is 5.92 Å². The van der Waals surface area contributed by atoms with Crippen LogP contribution in [0.5, 0.6) is 0 Å². The number of aryl methyl sites for hydroxylation is 1. The first-order valence-electron chi connectivity index (χ1n) is 8.21. The molecule has 2 aliphatic rings. The van der Waals surface area contributed by atoms with Crippen molar-refractivity contribution in [3.63, 3.8) is 0 Å². The highest BCUT2D eigenvalue weighted by atomic mass is 15.3. The zero-order valence-electron chi connectivity index (χ0n) is 12.6. The molecule has 0 saturated carbocycles. The molecule has 1 aromatic heterocycles. The van der Waals surface area contributed by atoms with Gasteiger partial charge >= 0.3 is 0 Å². The van der Waals surface area contributed by atoms with Gasteiger partial charge in [0.15, 0.2) is 0 Å². The van der Waals surface area contributed by atoms with Crippen LogP contribution in [0.1, 0.15) is 44.3 Å². The normalized spacial score (nSPS) is 21.1. The fourth-order valence-corrected chi connectivity index (χ4v) is 3.39. The zero-order valence-corrected chi connectivity index (χ0v) is 12.6. The zero-order chi connectivity index (χ0) is 13.8. The molecule has 0 aromatic carbocycles. The van der Waals surface area contributed by atoms with Crippen LogP contribution >= 0.6 is 0 Å². The minimum Gasteiger partial charge on any atom is -0.314 e. The van der Waals surface area contributed by atoms with Crippen molar-refractivity contribution in [3.8, 4) is 0 Å². The molecular formula is C15H27N5. The summed E-state index contributed by atoms with van der Waals surface area (Å²) in [4.78, 5) is 2.55. The fourth-order valence-electron chi connectivity index (χ4n) is 3.39. The van der Waals surface area contributed by atoms with Crippen LogP contribution < -0.4 is 5.32 Å². The molecule has 1 fully saturated rings. The summed E-state index contributed by atoms with van der Waals surface area (Å²) in [6.07, 6.45) is 6.30. The number of piperidine rings is 1. The molecule has 0 atom stereocenters. The van der Waals surface area contributed by atoms with E-state index in [9.17, 15) is 0 Å². The molecule has 1 saturated heterocycles. The van der Waals surface area contributed by atoms with Gasteiger partial charge in [-0.2, -0.15) is 0 Å².